The number of likely N-dealkylation sites (tertiary alicyclic amines) is 1. The summed E-state index contributed by atoms with van der Waals surface area (Å²) in [5.41, 5.74) is 2.40. The van der Waals surface area contributed by atoms with Crippen LogP contribution in [0.25, 0.3) is 0 Å². The summed E-state index contributed by atoms with van der Waals surface area (Å²) in [5, 5.41) is 10.2. The molecule has 2 aliphatic rings. The molecule has 1 amide bonds. The number of phenols is 1. The second kappa shape index (κ2) is 8.13. The lowest BCUT2D eigenvalue weighted by atomic mass is 9.92. The van der Waals surface area contributed by atoms with Crippen molar-refractivity contribution in [2.75, 3.05) is 31.1 Å². The number of carbonyl (C=O) groups is 1. The van der Waals surface area contributed by atoms with Gasteiger partial charge in [0, 0.05) is 24.3 Å². The van der Waals surface area contributed by atoms with Gasteiger partial charge in [-0.1, -0.05) is 17.7 Å². The third-order valence-electron chi connectivity index (χ3n) is 6.01. The van der Waals surface area contributed by atoms with Crippen LogP contribution in [0.4, 0.5) is 10.1 Å². The maximum absolute atomic E-state index is 13.3. The van der Waals surface area contributed by atoms with Gasteiger partial charge >= 0.3 is 0 Å². The lowest BCUT2D eigenvalue weighted by molar-refractivity contribution is -0.140. The topological polar surface area (TPSA) is 53.0 Å². The Hall–Kier alpha value is -2.44. The van der Waals surface area contributed by atoms with Crippen LogP contribution in [-0.2, 0) is 16.1 Å². The van der Waals surface area contributed by atoms with E-state index < -0.39 is 0 Å². The van der Waals surface area contributed by atoms with Crippen LogP contribution in [0.1, 0.15) is 30.4 Å². The Bertz CT molecular complexity index is 886. The molecule has 2 saturated heterocycles. The van der Waals surface area contributed by atoms with Gasteiger partial charge in [-0.05, 0) is 63.1 Å². The van der Waals surface area contributed by atoms with Crippen LogP contribution < -0.4 is 4.90 Å². The Morgan fingerprint density at radius 3 is 2.72 bits per heavy atom. The average molecular weight is 398 g/mol. The first-order chi connectivity index (χ1) is 13.9. The van der Waals surface area contributed by atoms with Crippen molar-refractivity contribution in [3.05, 3.63) is 59.4 Å². The predicted molar refractivity (Wildman–Crippen MR) is 109 cm³/mol. The molecule has 0 aliphatic carbocycles. The molecule has 2 aromatic rings. The number of ether oxygens (including phenoxy) is 1. The van der Waals surface area contributed by atoms with Crippen LogP contribution in [0.15, 0.2) is 42.5 Å². The highest BCUT2D eigenvalue weighted by atomic mass is 19.1. The van der Waals surface area contributed by atoms with E-state index in [0.717, 1.165) is 43.5 Å². The monoisotopic (exact) mass is 398 g/mol. The number of phenolic OH excluding ortho intramolecular Hbond substituents is 1. The van der Waals surface area contributed by atoms with E-state index >= 15 is 0 Å². The van der Waals surface area contributed by atoms with E-state index in [1.54, 1.807) is 23.1 Å². The predicted octanol–water partition coefficient (Wildman–Crippen LogP) is 3.63. The van der Waals surface area contributed by atoms with Crippen molar-refractivity contribution in [3.63, 3.8) is 0 Å². The highest BCUT2D eigenvalue weighted by molar-refractivity contribution is 5.95. The van der Waals surface area contributed by atoms with Gasteiger partial charge in [0.25, 0.3) is 5.91 Å². The highest BCUT2D eigenvalue weighted by Crippen LogP contribution is 2.33. The minimum Gasteiger partial charge on any atom is -0.508 e. The van der Waals surface area contributed by atoms with Crippen molar-refractivity contribution in [3.8, 4) is 5.75 Å². The van der Waals surface area contributed by atoms with Gasteiger partial charge in [0.05, 0.1) is 12.1 Å². The number of hydrogen-bond acceptors (Lipinski definition) is 4. The van der Waals surface area contributed by atoms with Crippen molar-refractivity contribution < 1.29 is 19.0 Å². The van der Waals surface area contributed by atoms with Crippen molar-refractivity contribution in [1.29, 1.82) is 0 Å². The number of hydrogen-bond donors (Lipinski definition) is 1. The SMILES string of the molecule is Cc1ccc(O)c(CN2CCCC3(CC2)CN(c2ccc(F)cc2)C(=O)CO3)c1. The van der Waals surface area contributed by atoms with Gasteiger partial charge in [-0.15, -0.1) is 0 Å². The number of aromatic hydroxyl groups is 1. The minimum absolute atomic E-state index is 0.0516. The van der Waals surface area contributed by atoms with Crippen LogP contribution in [0.5, 0.6) is 5.75 Å². The van der Waals surface area contributed by atoms with E-state index in [9.17, 15) is 14.3 Å². The maximum atomic E-state index is 13.3. The van der Waals surface area contributed by atoms with Gasteiger partial charge in [-0.25, -0.2) is 4.39 Å². The second-order valence-electron chi connectivity index (χ2n) is 8.19. The number of anilines is 1. The van der Waals surface area contributed by atoms with E-state index in [2.05, 4.69) is 4.90 Å². The van der Waals surface area contributed by atoms with Crippen LogP contribution in [0, 0.1) is 12.7 Å². The van der Waals surface area contributed by atoms with E-state index in [1.807, 2.05) is 19.1 Å². The summed E-state index contributed by atoms with van der Waals surface area (Å²) in [6.07, 6.45) is 2.64. The molecule has 0 aromatic heterocycles. The van der Waals surface area contributed by atoms with E-state index in [-0.39, 0.29) is 23.9 Å². The largest absolute Gasteiger partial charge is 0.508 e. The fourth-order valence-corrected chi connectivity index (χ4v) is 4.34. The van der Waals surface area contributed by atoms with E-state index in [0.29, 0.717) is 24.5 Å². The summed E-state index contributed by atoms with van der Waals surface area (Å²) >= 11 is 0. The molecule has 154 valence electrons. The number of aryl methyl sites for hydroxylation is 1. The Morgan fingerprint density at radius 2 is 1.93 bits per heavy atom. The molecule has 0 bridgehead atoms. The number of nitrogens with zero attached hydrogens (tertiary/aromatic N) is 2. The minimum atomic E-state index is -0.383. The van der Waals surface area contributed by atoms with Crippen molar-refractivity contribution >= 4 is 11.6 Å². The summed E-state index contributed by atoms with van der Waals surface area (Å²) in [4.78, 5) is 16.5. The van der Waals surface area contributed by atoms with E-state index in [4.69, 9.17) is 4.74 Å². The fraction of sp³-hybridized carbons (Fsp3) is 0.435. The molecule has 0 saturated carbocycles. The smallest absolute Gasteiger partial charge is 0.253 e. The van der Waals surface area contributed by atoms with Crippen LogP contribution in [-0.4, -0.2) is 47.8 Å². The number of amides is 1. The lowest BCUT2D eigenvalue weighted by Crippen LogP contribution is -2.55. The van der Waals surface area contributed by atoms with Gasteiger partial charge in [0.2, 0.25) is 0 Å². The van der Waals surface area contributed by atoms with Gasteiger partial charge in [0.15, 0.2) is 0 Å². The molecule has 1 unspecified atom stereocenters. The average Bonchev–Trinajstić information content (AvgIpc) is 2.90. The molecule has 29 heavy (non-hydrogen) atoms. The van der Waals surface area contributed by atoms with Crippen LogP contribution >= 0.6 is 0 Å². The quantitative estimate of drug-likeness (QED) is 0.858. The molecule has 1 spiro atoms. The molecule has 5 nitrogen and oxygen atoms in total. The molecule has 2 fully saturated rings. The van der Waals surface area contributed by atoms with Gasteiger partial charge in [-0.2, -0.15) is 0 Å². The van der Waals surface area contributed by atoms with E-state index in [1.165, 1.54) is 12.1 Å². The number of halogens is 1. The second-order valence-corrected chi connectivity index (χ2v) is 8.19. The fourth-order valence-electron chi connectivity index (χ4n) is 4.34. The maximum Gasteiger partial charge on any atom is 0.253 e. The third-order valence-corrected chi connectivity index (χ3v) is 6.01. The summed E-state index contributed by atoms with van der Waals surface area (Å²) in [6, 6.07) is 11.8. The van der Waals surface area contributed by atoms with Gasteiger partial charge < -0.3 is 14.7 Å². The molecule has 1 N–H and O–H groups in total. The van der Waals surface area contributed by atoms with Crippen molar-refractivity contribution in [2.45, 2.75) is 38.3 Å². The Kier molecular flexibility index (Phi) is 5.56. The third kappa shape index (κ3) is 4.43. The molecule has 1 atom stereocenters. The summed E-state index contributed by atoms with van der Waals surface area (Å²) in [6.45, 7) is 5.01. The number of rotatable bonds is 3. The molecule has 0 radical (unpaired) electrons. The number of benzene rings is 2. The summed E-state index contributed by atoms with van der Waals surface area (Å²) in [5.74, 6) is -0.0711. The standard InChI is InChI=1S/C23H27FN2O3/c1-17-3-8-21(27)18(13-17)14-25-11-2-9-23(10-12-25)16-26(22(28)15-29-23)20-6-4-19(24)5-7-20/h3-8,13,27H,2,9-12,14-16H2,1H3. The van der Waals surface area contributed by atoms with Gasteiger partial charge in [0.1, 0.15) is 18.2 Å². The highest BCUT2D eigenvalue weighted by Gasteiger charge is 2.41. The summed E-state index contributed by atoms with van der Waals surface area (Å²) < 4.78 is 19.4. The Balaban J connectivity index is 1.46. The van der Waals surface area contributed by atoms with Crippen molar-refractivity contribution in [2.24, 2.45) is 0 Å². The van der Waals surface area contributed by atoms with Crippen LogP contribution in [0.3, 0.4) is 0 Å². The molecular weight excluding hydrogens is 371 g/mol. The molecular formula is C23H27FN2O3. The van der Waals surface area contributed by atoms with Gasteiger partial charge in [-0.3, -0.25) is 9.69 Å². The zero-order valence-corrected chi connectivity index (χ0v) is 16.7. The zero-order valence-electron chi connectivity index (χ0n) is 16.7. The number of morpholine rings is 1. The Labute approximate surface area is 170 Å². The summed E-state index contributed by atoms with van der Waals surface area (Å²) in [7, 11) is 0. The van der Waals surface area contributed by atoms with Crippen molar-refractivity contribution in [1.82, 2.24) is 4.90 Å². The number of carbonyl (C=O) groups excluding carboxylic acids is 1. The lowest BCUT2D eigenvalue weighted by Gasteiger charge is -2.42. The van der Waals surface area contributed by atoms with Crippen LogP contribution in [0.2, 0.25) is 0 Å². The molecule has 2 heterocycles. The molecule has 4 rings (SSSR count). The first kappa shape index (κ1) is 19.9. The Morgan fingerprint density at radius 1 is 1.14 bits per heavy atom. The molecule has 2 aromatic carbocycles. The molecule has 2 aliphatic heterocycles. The first-order valence-electron chi connectivity index (χ1n) is 10.1. The first-order valence-corrected chi connectivity index (χ1v) is 10.1. The molecule has 6 heteroatoms. The normalized spacial score (nSPS) is 23.4. The zero-order chi connectivity index (χ0) is 20.4.